The lowest BCUT2D eigenvalue weighted by Crippen LogP contribution is -2.43. The fourth-order valence-corrected chi connectivity index (χ4v) is 4.03. The Balaban J connectivity index is 1.91. The van der Waals surface area contributed by atoms with Crippen LogP contribution in [0.2, 0.25) is 0 Å². The van der Waals surface area contributed by atoms with Crippen LogP contribution in [0.15, 0.2) is 24.3 Å². The Morgan fingerprint density at radius 3 is 2.68 bits per heavy atom. The van der Waals surface area contributed by atoms with Crippen LogP contribution in [0.3, 0.4) is 0 Å². The van der Waals surface area contributed by atoms with Gasteiger partial charge in [-0.3, -0.25) is 0 Å². The van der Waals surface area contributed by atoms with Crippen molar-refractivity contribution in [2.75, 3.05) is 31.6 Å². The first-order chi connectivity index (χ1) is 9.36. The summed E-state index contributed by atoms with van der Waals surface area (Å²) in [6.07, 6.45) is 8.45. The number of nitrogens with one attached hydrogen (secondary N) is 1. The zero-order chi connectivity index (χ0) is 13.1. The summed E-state index contributed by atoms with van der Waals surface area (Å²) in [6.45, 7) is 3.43. The van der Waals surface area contributed by atoms with Gasteiger partial charge in [0.2, 0.25) is 0 Å². The molecule has 1 aromatic rings. The topological polar surface area (TPSA) is 15.3 Å². The Labute approximate surface area is 117 Å². The van der Waals surface area contributed by atoms with Crippen LogP contribution in [0.5, 0.6) is 0 Å². The molecule has 1 heterocycles. The summed E-state index contributed by atoms with van der Waals surface area (Å²) < 4.78 is 0. The summed E-state index contributed by atoms with van der Waals surface area (Å²) in [5.41, 5.74) is 3.65. The molecule has 0 saturated heterocycles. The smallest absolute Gasteiger partial charge is 0.0404 e. The van der Waals surface area contributed by atoms with Crippen molar-refractivity contribution in [3.8, 4) is 0 Å². The normalized spacial score (nSPS) is 21.4. The van der Waals surface area contributed by atoms with E-state index in [4.69, 9.17) is 0 Å². The van der Waals surface area contributed by atoms with E-state index < -0.39 is 0 Å². The average Bonchev–Trinajstić information content (AvgIpc) is 2.48. The molecule has 0 bridgehead atoms. The van der Waals surface area contributed by atoms with Crippen molar-refractivity contribution in [3.05, 3.63) is 29.8 Å². The average molecular weight is 258 g/mol. The van der Waals surface area contributed by atoms with E-state index in [1.165, 1.54) is 50.8 Å². The van der Waals surface area contributed by atoms with Crippen LogP contribution in [0.1, 0.15) is 44.1 Å². The molecule has 1 fully saturated rings. The fraction of sp³-hybridized carbons (Fsp3) is 0.647. The Bertz CT molecular complexity index is 421. The minimum absolute atomic E-state index is 0.505. The highest BCUT2D eigenvalue weighted by Gasteiger charge is 2.39. The van der Waals surface area contributed by atoms with E-state index in [1.54, 1.807) is 5.56 Å². The highest BCUT2D eigenvalue weighted by molar-refractivity contribution is 5.59. The quantitative estimate of drug-likeness (QED) is 0.894. The third kappa shape index (κ3) is 2.38. The van der Waals surface area contributed by atoms with E-state index in [2.05, 4.69) is 34.5 Å². The van der Waals surface area contributed by atoms with Crippen molar-refractivity contribution in [1.82, 2.24) is 5.32 Å². The molecule has 1 saturated carbocycles. The highest BCUT2D eigenvalue weighted by atomic mass is 15.2. The number of fused-ring (bicyclic) bond motifs is 2. The van der Waals surface area contributed by atoms with Crippen LogP contribution >= 0.6 is 0 Å². The summed E-state index contributed by atoms with van der Waals surface area (Å²) in [5, 5.41) is 3.28. The second kappa shape index (κ2) is 5.54. The van der Waals surface area contributed by atoms with Gasteiger partial charge in [-0.05, 0) is 43.4 Å². The van der Waals surface area contributed by atoms with Gasteiger partial charge in [-0.15, -0.1) is 0 Å². The predicted octanol–water partition coefficient (Wildman–Crippen LogP) is 3.32. The number of para-hydroxylation sites is 1. The SMILES string of the molecule is CNCCN1CCC2(CCCCC2)c2ccccc21. The van der Waals surface area contributed by atoms with Gasteiger partial charge >= 0.3 is 0 Å². The molecule has 0 radical (unpaired) electrons. The minimum Gasteiger partial charge on any atom is -0.370 e. The number of anilines is 1. The number of hydrogen-bond acceptors (Lipinski definition) is 2. The molecule has 1 aliphatic carbocycles. The van der Waals surface area contributed by atoms with Crippen LogP contribution in [0.25, 0.3) is 0 Å². The fourth-order valence-electron chi connectivity index (χ4n) is 4.03. The van der Waals surface area contributed by atoms with Gasteiger partial charge in [-0.25, -0.2) is 0 Å². The standard InChI is InChI=1S/C17H26N2/c1-18-12-14-19-13-11-17(9-5-2-6-10-17)15-7-3-4-8-16(15)19/h3-4,7-8,18H,2,5-6,9-14H2,1H3. The first kappa shape index (κ1) is 13.0. The zero-order valence-electron chi connectivity index (χ0n) is 12.1. The van der Waals surface area contributed by atoms with E-state index in [0.29, 0.717) is 5.41 Å². The molecule has 0 aromatic heterocycles. The Hall–Kier alpha value is -1.02. The van der Waals surface area contributed by atoms with Crippen molar-refractivity contribution in [2.45, 2.75) is 43.9 Å². The van der Waals surface area contributed by atoms with Crippen LogP contribution in [-0.2, 0) is 5.41 Å². The molecule has 2 nitrogen and oxygen atoms in total. The molecule has 104 valence electrons. The largest absolute Gasteiger partial charge is 0.370 e. The van der Waals surface area contributed by atoms with Crippen molar-refractivity contribution < 1.29 is 0 Å². The Kier molecular flexibility index (Phi) is 3.79. The van der Waals surface area contributed by atoms with Crippen LogP contribution < -0.4 is 10.2 Å². The van der Waals surface area contributed by atoms with Crippen molar-refractivity contribution >= 4 is 5.69 Å². The monoisotopic (exact) mass is 258 g/mol. The van der Waals surface area contributed by atoms with Crippen LogP contribution in [0.4, 0.5) is 5.69 Å². The van der Waals surface area contributed by atoms with Gasteiger partial charge in [0.1, 0.15) is 0 Å². The van der Waals surface area contributed by atoms with Gasteiger partial charge in [-0.2, -0.15) is 0 Å². The third-order valence-electron chi connectivity index (χ3n) is 5.12. The van der Waals surface area contributed by atoms with Crippen molar-refractivity contribution in [3.63, 3.8) is 0 Å². The van der Waals surface area contributed by atoms with Gasteiger partial charge in [0.05, 0.1) is 0 Å². The summed E-state index contributed by atoms with van der Waals surface area (Å²) >= 11 is 0. The van der Waals surface area contributed by atoms with E-state index >= 15 is 0 Å². The van der Waals surface area contributed by atoms with Crippen LogP contribution in [0, 0.1) is 0 Å². The molecular formula is C17H26N2. The van der Waals surface area contributed by atoms with E-state index in [9.17, 15) is 0 Å². The van der Waals surface area contributed by atoms with Gasteiger partial charge in [0.15, 0.2) is 0 Å². The lowest BCUT2D eigenvalue weighted by molar-refractivity contribution is 0.267. The molecule has 1 aromatic carbocycles. The molecule has 0 unspecified atom stereocenters. The number of likely N-dealkylation sites (N-methyl/N-ethyl adjacent to an activating group) is 1. The molecule has 0 atom stereocenters. The number of hydrogen-bond donors (Lipinski definition) is 1. The molecule has 19 heavy (non-hydrogen) atoms. The Morgan fingerprint density at radius 1 is 1.11 bits per heavy atom. The van der Waals surface area contributed by atoms with E-state index in [0.717, 1.165) is 13.1 Å². The Morgan fingerprint density at radius 2 is 1.89 bits per heavy atom. The molecule has 3 rings (SSSR count). The lowest BCUT2D eigenvalue weighted by atomic mass is 9.65. The molecule has 2 aliphatic rings. The number of benzene rings is 1. The summed E-state index contributed by atoms with van der Waals surface area (Å²) in [4.78, 5) is 2.58. The van der Waals surface area contributed by atoms with Gasteiger partial charge in [-0.1, -0.05) is 37.5 Å². The highest BCUT2D eigenvalue weighted by Crippen LogP contribution is 2.48. The molecule has 0 amide bonds. The maximum Gasteiger partial charge on any atom is 0.0404 e. The molecule has 1 spiro atoms. The molecule has 2 heteroatoms. The van der Waals surface area contributed by atoms with Crippen molar-refractivity contribution in [1.29, 1.82) is 0 Å². The second-order valence-electron chi connectivity index (χ2n) is 6.20. The molecule has 1 aliphatic heterocycles. The zero-order valence-corrected chi connectivity index (χ0v) is 12.1. The number of nitrogens with zero attached hydrogens (tertiary/aromatic N) is 1. The first-order valence-corrected chi connectivity index (χ1v) is 7.85. The maximum atomic E-state index is 3.28. The van der Waals surface area contributed by atoms with Gasteiger partial charge in [0.25, 0.3) is 0 Å². The third-order valence-corrected chi connectivity index (χ3v) is 5.12. The van der Waals surface area contributed by atoms with E-state index in [1.807, 2.05) is 7.05 Å². The van der Waals surface area contributed by atoms with Crippen LogP contribution in [-0.4, -0.2) is 26.7 Å². The number of rotatable bonds is 3. The summed E-state index contributed by atoms with van der Waals surface area (Å²) in [7, 11) is 2.04. The van der Waals surface area contributed by atoms with Gasteiger partial charge < -0.3 is 10.2 Å². The summed E-state index contributed by atoms with van der Waals surface area (Å²) in [6, 6.07) is 9.16. The second-order valence-corrected chi connectivity index (χ2v) is 6.20. The first-order valence-electron chi connectivity index (χ1n) is 7.85. The lowest BCUT2D eigenvalue weighted by Gasteiger charge is -2.46. The molecule has 1 N–H and O–H groups in total. The van der Waals surface area contributed by atoms with Crippen molar-refractivity contribution in [2.24, 2.45) is 0 Å². The maximum absolute atomic E-state index is 3.28. The molecular weight excluding hydrogens is 232 g/mol. The van der Waals surface area contributed by atoms with E-state index in [-0.39, 0.29) is 0 Å². The van der Waals surface area contributed by atoms with Gasteiger partial charge in [0, 0.05) is 25.3 Å². The minimum atomic E-state index is 0.505. The predicted molar refractivity (Wildman–Crippen MR) is 82.0 cm³/mol. The summed E-state index contributed by atoms with van der Waals surface area (Å²) in [5.74, 6) is 0.